The largest absolute Gasteiger partial charge is 0.453 e. The minimum absolute atomic E-state index is 0.0199. The molecule has 5 heterocycles. The molecule has 13 nitrogen and oxygen atoms in total. The first-order valence-electron chi connectivity index (χ1n) is 17.8. The van der Waals surface area contributed by atoms with E-state index >= 15 is 0 Å². The molecule has 6 rings (SSSR count). The van der Waals surface area contributed by atoms with Gasteiger partial charge in [-0.25, -0.2) is 24.7 Å². The van der Waals surface area contributed by atoms with E-state index in [0.717, 1.165) is 18.7 Å². The number of nitrogens with zero attached hydrogens (tertiary/aromatic N) is 6. The van der Waals surface area contributed by atoms with Crippen molar-refractivity contribution in [1.82, 2.24) is 45.0 Å². The van der Waals surface area contributed by atoms with E-state index in [-0.39, 0.29) is 40.9 Å². The van der Waals surface area contributed by atoms with Gasteiger partial charge in [-0.05, 0) is 37.5 Å². The molecule has 1 aromatic carbocycles. The summed E-state index contributed by atoms with van der Waals surface area (Å²) < 4.78 is 47.7. The first-order valence-corrected chi connectivity index (χ1v) is 17.8. The molecule has 16 heteroatoms. The fourth-order valence-electron chi connectivity index (χ4n) is 7.02. The van der Waals surface area contributed by atoms with Gasteiger partial charge in [-0.1, -0.05) is 52.0 Å². The molecule has 0 unspecified atom stereocenters. The molecular weight excluding hydrogens is 691 g/mol. The van der Waals surface area contributed by atoms with Crippen LogP contribution in [0.25, 0.3) is 33.9 Å². The molecule has 3 aromatic heterocycles. The van der Waals surface area contributed by atoms with Gasteiger partial charge in [-0.3, -0.25) is 9.59 Å². The number of aromatic amines is 2. The van der Waals surface area contributed by atoms with Crippen molar-refractivity contribution in [3.63, 3.8) is 0 Å². The molecule has 0 aliphatic carbocycles. The van der Waals surface area contributed by atoms with Gasteiger partial charge < -0.3 is 29.8 Å². The molecule has 0 saturated carbocycles. The number of hydrogen-bond acceptors (Lipinski definition) is 8. The van der Waals surface area contributed by atoms with Crippen LogP contribution in [0.1, 0.15) is 89.2 Å². The van der Waals surface area contributed by atoms with Gasteiger partial charge in [0.15, 0.2) is 5.82 Å². The Kier molecular flexibility index (Phi) is 10.9. The summed E-state index contributed by atoms with van der Waals surface area (Å²) in [5, 5.41) is 2.54. The number of alkyl carbamates (subject to hydrolysis) is 1. The van der Waals surface area contributed by atoms with Crippen molar-refractivity contribution in [3.05, 3.63) is 60.2 Å². The number of H-pyrrole nitrogens is 2. The molecule has 3 amide bonds. The van der Waals surface area contributed by atoms with Gasteiger partial charge >= 0.3 is 12.3 Å². The molecule has 53 heavy (non-hydrogen) atoms. The number of aromatic nitrogens is 6. The molecule has 0 spiro atoms. The van der Waals surface area contributed by atoms with Gasteiger partial charge in [-0.2, -0.15) is 13.2 Å². The maximum Gasteiger partial charge on any atom is 0.433 e. The number of carbonyl (C=O) groups excluding carboxylic acids is 3. The Bertz CT molecular complexity index is 1920. The highest BCUT2D eigenvalue weighted by atomic mass is 19.4. The highest BCUT2D eigenvalue weighted by Gasteiger charge is 2.42. The van der Waals surface area contributed by atoms with Crippen LogP contribution in [0.2, 0.25) is 0 Å². The van der Waals surface area contributed by atoms with Crippen molar-refractivity contribution >= 4 is 17.9 Å². The summed E-state index contributed by atoms with van der Waals surface area (Å²) in [7, 11) is 1.19. The minimum Gasteiger partial charge on any atom is -0.453 e. The Morgan fingerprint density at radius 2 is 1.49 bits per heavy atom. The van der Waals surface area contributed by atoms with Crippen LogP contribution in [0.3, 0.4) is 0 Å². The Balaban J connectivity index is 1.19. The topological polar surface area (TPSA) is 162 Å². The van der Waals surface area contributed by atoms with Crippen LogP contribution in [0.4, 0.5) is 18.0 Å². The summed E-state index contributed by atoms with van der Waals surface area (Å²) in [6.45, 7) is 8.59. The number of rotatable bonds is 10. The number of hydrogen-bond donors (Lipinski definition) is 3. The van der Waals surface area contributed by atoms with E-state index in [1.807, 2.05) is 18.7 Å². The van der Waals surface area contributed by atoms with Gasteiger partial charge in [0.2, 0.25) is 11.8 Å². The fourth-order valence-corrected chi connectivity index (χ4v) is 7.02. The van der Waals surface area contributed by atoms with Crippen molar-refractivity contribution in [2.45, 2.75) is 84.1 Å². The molecule has 282 valence electrons. The van der Waals surface area contributed by atoms with E-state index in [4.69, 9.17) is 0 Å². The second-order valence-electron chi connectivity index (χ2n) is 14.3. The number of nitrogens with one attached hydrogen (secondary N) is 3. The van der Waals surface area contributed by atoms with Crippen molar-refractivity contribution in [2.75, 3.05) is 20.2 Å². The summed E-state index contributed by atoms with van der Waals surface area (Å²) in [6.07, 6.45) is 2.67. The van der Waals surface area contributed by atoms with Crippen LogP contribution in [-0.2, 0) is 20.5 Å². The van der Waals surface area contributed by atoms with Gasteiger partial charge in [0.1, 0.15) is 29.1 Å². The number of benzene rings is 1. The molecule has 2 aliphatic heterocycles. The zero-order valence-corrected chi connectivity index (χ0v) is 30.3. The second kappa shape index (κ2) is 15.4. The van der Waals surface area contributed by atoms with Crippen molar-refractivity contribution in [1.29, 1.82) is 0 Å². The number of likely N-dealkylation sites (tertiary alicyclic amines) is 2. The average Bonchev–Trinajstić information content (AvgIpc) is 3.95. The first kappa shape index (κ1) is 37.5. The van der Waals surface area contributed by atoms with E-state index in [2.05, 4.69) is 40.0 Å². The van der Waals surface area contributed by atoms with Crippen LogP contribution in [0.15, 0.2) is 42.9 Å². The van der Waals surface area contributed by atoms with Crippen LogP contribution in [0.5, 0.6) is 0 Å². The summed E-state index contributed by atoms with van der Waals surface area (Å²) in [5.74, 6) is 0.798. The number of imidazole rings is 2. The minimum atomic E-state index is -4.75. The fraction of sp³-hybridized carbons (Fsp3) is 0.486. The van der Waals surface area contributed by atoms with Crippen molar-refractivity contribution in [2.24, 2.45) is 11.8 Å². The maximum absolute atomic E-state index is 14.4. The van der Waals surface area contributed by atoms with Gasteiger partial charge in [-0.15, -0.1) is 0 Å². The van der Waals surface area contributed by atoms with Gasteiger partial charge in [0, 0.05) is 48.6 Å². The van der Waals surface area contributed by atoms with Crippen molar-refractivity contribution in [3.8, 4) is 33.9 Å². The van der Waals surface area contributed by atoms with E-state index < -0.39 is 36.0 Å². The smallest absolute Gasteiger partial charge is 0.433 e. The predicted molar refractivity (Wildman–Crippen MR) is 189 cm³/mol. The zero-order chi connectivity index (χ0) is 38.0. The van der Waals surface area contributed by atoms with Crippen LogP contribution in [0, 0.1) is 11.8 Å². The van der Waals surface area contributed by atoms with E-state index in [0.29, 0.717) is 55.0 Å². The number of methoxy groups -OCH3 is 1. The van der Waals surface area contributed by atoms with Crippen molar-refractivity contribution < 1.29 is 32.3 Å². The maximum atomic E-state index is 14.4. The Morgan fingerprint density at radius 3 is 2.09 bits per heavy atom. The first-order chi connectivity index (χ1) is 25.2. The Labute approximate surface area is 305 Å². The SMILES string of the molecule is COC(=O)N[C@H](C(=O)N1CCC[C@H]1c1nc(-c2ccc(-c3ncc(-c4cnc([C@@H]5CCCN5C(=O)CC(C)C)[nH]4)cn3)cc2)c(C(F)(F)F)[nH]1)C(C)C. The Morgan fingerprint density at radius 1 is 0.868 bits per heavy atom. The highest BCUT2D eigenvalue weighted by Crippen LogP contribution is 2.40. The number of carbonyl (C=O) groups is 3. The van der Waals surface area contributed by atoms with E-state index in [1.54, 1.807) is 44.6 Å². The van der Waals surface area contributed by atoms with Gasteiger partial charge in [0.05, 0.1) is 31.1 Å². The lowest BCUT2D eigenvalue weighted by molar-refractivity contribution is -0.140. The summed E-state index contributed by atoms with van der Waals surface area (Å²) in [4.78, 5) is 65.4. The lowest BCUT2D eigenvalue weighted by atomic mass is 10.0. The highest BCUT2D eigenvalue weighted by molar-refractivity contribution is 5.86. The quantitative estimate of drug-likeness (QED) is 0.162. The summed E-state index contributed by atoms with van der Waals surface area (Å²) >= 11 is 0. The zero-order valence-electron chi connectivity index (χ0n) is 30.3. The normalized spacial score (nSPS) is 18.2. The lowest BCUT2D eigenvalue weighted by Crippen LogP contribution is -2.51. The number of ether oxygens (including phenoxy) is 1. The average molecular weight is 736 g/mol. The second-order valence-corrected chi connectivity index (χ2v) is 14.3. The lowest BCUT2D eigenvalue weighted by Gasteiger charge is -2.30. The molecule has 3 atom stereocenters. The monoisotopic (exact) mass is 735 g/mol. The molecule has 3 N–H and O–H groups in total. The Hall–Kier alpha value is -5.28. The third-order valence-corrected chi connectivity index (χ3v) is 9.70. The molecule has 4 aromatic rings. The molecule has 2 saturated heterocycles. The number of halogens is 3. The molecular formula is C37H44F3N9O4. The molecule has 2 fully saturated rings. The summed E-state index contributed by atoms with van der Waals surface area (Å²) in [6, 6.07) is 4.56. The third-order valence-electron chi connectivity index (χ3n) is 9.70. The van der Waals surface area contributed by atoms with E-state index in [9.17, 15) is 27.6 Å². The third kappa shape index (κ3) is 8.05. The van der Waals surface area contributed by atoms with Crippen LogP contribution >= 0.6 is 0 Å². The van der Waals surface area contributed by atoms with Crippen LogP contribution < -0.4 is 5.32 Å². The number of amides is 3. The van der Waals surface area contributed by atoms with E-state index in [1.165, 1.54) is 24.1 Å². The predicted octanol–water partition coefficient (Wildman–Crippen LogP) is 6.70. The standard InChI is InChI=1S/C37H44F3N9O4/c1-20(2)16-28(50)48-14-6-8-26(48)33-43-19-25(44-33)24-17-41-32(42-18-24)23-12-10-22(11-13-23)30-31(37(38,39)40)47-34(45-30)27-9-7-15-49(27)35(51)29(21(3)4)46-36(52)53-5/h10-13,17-21,26-27,29H,6-9,14-16H2,1-5H3,(H,43,44)(H,45,47)(H,46,52)/t26-,27-,29-/m0/s1. The molecule has 0 bridgehead atoms. The van der Waals surface area contributed by atoms with Crippen LogP contribution in [-0.4, -0.2) is 83.9 Å². The molecule has 2 aliphatic rings. The van der Waals surface area contributed by atoms with Gasteiger partial charge in [0.25, 0.3) is 0 Å². The molecule has 0 radical (unpaired) electrons. The number of alkyl halides is 3. The summed E-state index contributed by atoms with van der Waals surface area (Å²) in [5.41, 5.74) is 0.913.